The number of anilines is 1. The molecule has 1 saturated heterocycles. The van der Waals surface area contributed by atoms with E-state index >= 15 is 0 Å². The van der Waals surface area contributed by atoms with Gasteiger partial charge in [0.25, 0.3) is 0 Å². The van der Waals surface area contributed by atoms with Gasteiger partial charge in [0.1, 0.15) is 5.60 Å². The predicted octanol–water partition coefficient (Wildman–Crippen LogP) is 6.29. The first-order chi connectivity index (χ1) is 17.1. The second-order valence-corrected chi connectivity index (χ2v) is 11.2. The van der Waals surface area contributed by atoms with E-state index in [0.717, 1.165) is 11.1 Å². The Labute approximate surface area is 220 Å². The van der Waals surface area contributed by atoms with Gasteiger partial charge in [0.05, 0.1) is 24.6 Å². The van der Waals surface area contributed by atoms with E-state index in [4.69, 9.17) is 16.3 Å². The van der Waals surface area contributed by atoms with Crippen LogP contribution in [0.25, 0.3) is 11.3 Å². The van der Waals surface area contributed by atoms with Crippen LogP contribution in [0.4, 0.5) is 5.13 Å². The highest BCUT2D eigenvalue weighted by atomic mass is 35.5. The largest absolute Gasteiger partial charge is 0.460 e. The zero-order valence-electron chi connectivity index (χ0n) is 20.6. The topological polar surface area (TPSA) is 76.6 Å². The number of esters is 1. The molecule has 0 spiro atoms. The SMILES string of the molecule is CC(C)(C)OC(=O)CC1C(=O)N(c2nc(-c3ccccc3Cl)cs2)CC(=O)CCC1c1ccccc1. The van der Waals surface area contributed by atoms with Crippen LogP contribution in [0.3, 0.4) is 0 Å². The molecule has 1 amide bonds. The molecule has 1 aromatic heterocycles. The highest BCUT2D eigenvalue weighted by Crippen LogP contribution is 2.38. The molecule has 2 aromatic carbocycles. The molecule has 0 bridgehead atoms. The van der Waals surface area contributed by atoms with Crippen molar-refractivity contribution in [3.05, 3.63) is 70.6 Å². The van der Waals surface area contributed by atoms with Gasteiger partial charge in [-0.2, -0.15) is 0 Å². The second-order valence-electron chi connectivity index (χ2n) is 9.91. The molecule has 0 radical (unpaired) electrons. The Balaban J connectivity index is 1.71. The Morgan fingerprint density at radius 3 is 2.50 bits per heavy atom. The molecule has 4 rings (SSSR count). The molecule has 8 heteroatoms. The van der Waals surface area contributed by atoms with Gasteiger partial charge in [0.15, 0.2) is 10.9 Å². The number of aromatic nitrogens is 1. The summed E-state index contributed by atoms with van der Waals surface area (Å²) in [5.41, 5.74) is 1.63. The van der Waals surface area contributed by atoms with Crippen molar-refractivity contribution in [1.29, 1.82) is 0 Å². The standard InChI is InChI=1S/C28H29ClN2O4S/c1-28(2,3)35-25(33)15-22-20(18-9-5-4-6-10-18)14-13-19(32)16-31(26(22)34)27-30-24(17-36-27)21-11-7-8-12-23(21)29/h4-12,17,20,22H,13-16H2,1-3H3. The van der Waals surface area contributed by atoms with Gasteiger partial charge < -0.3 is 4.74 Å². The Hall–Kier alpha value is -3.03. The van der Waals surface area contributed by atoms with Gasteiger partial charge in [-0.05, 0) is 44.7 Å². The zero-order valence-corrected chi connectivity index (χ0v) is 22.1. The third-order valence-corrected chi connectivity index (χ3v) is 7.24. The van der Waals surface area contributed by atoms with E-state index in [9.17, 15) is 14.4 Å². The summed E-state index contributed by atoms with van der Waals surface area (Å²) in [6, 6.07) is 16.9. The lowest BCUT2D eigenvalue weighted by atomic mass is 9.78. The number of amides is 1. The van der Waals surface area contributed by atoms with E-state index in [0.29, 0.717) is 28.7 Å². The number of carbonyl (C=O) groups excluding carboxylic acids is 3. The normalized spacial score (nSPS) is 19.1. The second kappa shape index (κ2) is 10.9. The number of carbonyl (C=O) groups is 3. The maximum Gasteiger partial charge on any atom is 0.307 e. The van der Waals surface area contributed by atoms with E-state index in [1.54, 1.807) is 26.8 Å². The number of Topliss-reactive ketones (excluding diaryl/α,β-unsaturated/α-hetero) is 1. The molecular weight excluding hydrogens is 496 g/mol. The summed E-state index contributed by atoms with van der Waals surface area (Å²) < 4.78 is 5.58. The number of benzene rings is 2. The Bertz CT molecular complexity index is 1250. The van der Waals surface area contributed by atoms with Crippen LogP contribution < -0.4 is 4.90 Å². The number of hydrogen-bond donors (Lipinski definition) is 0. The number of hydrogen-bond acceptors (Lipinski definition) is 6. The predicted molar refractivity (Wildman–Crippen MR) is 142 cm³/mol. The fraction of sp³-hybridized carbons (Fsp3) is 0.357. The molecule has 0 N–H and O–H groups in total. The van der Waals surface area contributed by atoms with E-state index in [-0.39, 0.29) is 30.6 Å². The van der Waals surface area contributed by atoms with Crippen molar-refractivity contribution >= 4 is 45.7 Å². The summed E-state index contributed by atoms with van der Waals surface area (Å²) in [5, 5.41) is 2.78. The molecule has 6 nitrogen and oxygen atoms in total. The average molecular weight is 525 g/mol. The van der Waals surface area contributed by atoms with Crippen LogP contribution in [0.15, 0.2) is 60.0 Å². The van der Waals surface area contributed by atoms with Crippen molar-refractivity contribution in [3.8, 4) is 11.3 Å². The summed E-state index contributed by atoms with van der Waals surface area (Å²) >= 11 is 7.63. The molecule has 2 atom stereocenters. The van der Waals surface area contributed by atoms with Crippen LogP contribution in [0.5, 0.6) is 0 Å². The van der Waals surface area contributed by atoms with E-state index in [1.807, 2.05) is 53.9 Å². The van der Waals surface area contributed by atoms with Crippen molar-refractivity contribution in [2.45, 2.75) is 51.6 Å². The minimum Gasteiger partial charge on any atom is -0.460 e. The molecule has 1 fully saturated rings. The number of ketones is 1. The van der Waals surface area contributed by atoms with Crippen LogP contribution in [0.1, 0.15) is 51.5 Å². The first-order valence-electron chi connectivity index (χ1n) is 11.9. The number of rotatable bonds is 5. The van der Waals surface area contributed by atoms with Gasteiger partial charge in [-0.1, -0.05) is 60.1 Å². The van der Waals surface area contributed by atoms with E-state index in [2.05, 4.69) is 4.98 Å². The van der Waals surface area contributed by atoms with Crippen LogP contribution in [-0.4, -0.2) is 34.8 Å². The van der Waals surface area contributed by atoms with Crippen molar-refractivity contribution in [1.82, 2.24) is 4.98 Å². The van der Waals surface area contributed by atoms with Crippen LogP contribution >= 0.6 is 22.9 Å². The van der Waals surface area contributed by atoms with E-state index < -0.39 is 17.5 Å². The maximum atomic E-state index is 14.0. The Kier molecular flexibility index (Phi) is 7.91. The first-order valence-corrected chi connectivity index (χ1v) is 13.2. The number of halogens is 1. The minimum absolute atomic E-state index is 0.0468. The molecule has 0 aliphatic carbocycles. The third kappa shape index (κ3) is 6.20. The van der Waals surface area contributed by atoms with Crippen molar-refractivity contribution in [2.75, 3.05) is 11.4 Å². The third-order valence-electron chi connectivity index (χ3n) is 6.04. The van der Waals surface area contributed by atoms with Crippen molar-refractivity contribution < 1.29 is 19.1 Å². The minimum atomic E-state index is -0.692. The molecule has 188 valence electrons. The summed E-state index contributed by atoms with van der Waals surface area (Å²) in [4.78, 5) is 45.9. The molecule has 1 aliphatic heterocycles. The summed E-state index contributed by atoms with van der Waals surface area (Å²) in [6.07, 6.45) is 0.707. The molecule has 36 heavy (non-hydrogen) atoms. The molecule has 2 unspecified atom stereocenters. The molecular formula is C28H29ClN2O4S. The van der Waals surface area contributed by atoms with Gasteiger partial charge in [-0.25, -0.2) is 4.98 Å². The number of nitrogens with zero attached hydrogens (tertiary/aromatic N) is 2. The highest BCUT2D eigenvalue weighted by molar-refractivity contribution is 7.14. The molecule has 3 aromatic rings. The van der Waals surface area contributed by atoms with Crippen molar-refractivity contribution in [2.24, 2.45) is 5.92 Å². The van der Waals surface area contributed by atoms with Crippen LogP contribution in [0.2, 0.25) is 5.02 Å². The summed E-state index contributed by atoms with van der Waals surface area (Å²) in [5.74, 6) is -1.79. The van der Waals surface area contributed by atoms with Gasteiger partial charge >= 0.3 is 5.97 Å². The van der Waals surface area contributed by atoms with Gasteiger partial charge in [0, 0.05) is 22.4 Å². The zero-order chi connectivity index (χ0) is 25.9. The average Bonchev–Trinajstić information content (AvgIpc) is 3.30. The lowest BCUT2D eigenvalue weighted by Crippen LogP contribution is -2.45. The highest BCUT2D eigenvalue weighted by Gasteiger charge is 2.39. The monoisotopic (exact) mass is 524 g/mol. The Morgan fingerprint density at radius 2 is 1.81 bits per heavy atom. The van der Waals surface area contributed by atoms with Gasteiger partial charge in [0.2, 0.25) is 5.91 Å². The lowest BCUT2D eigenvalue weighted by Gasteiger charge is -2.33. The molecule has 1 aliphatic rings. The summed E-state index contributed by atoms with van der Waals surface area (Å²) in [7, 11) is 0. The molecule has 2 heterocycles. The fourth-order valence-electron chi connectivity index (χ4n) is 4.46. The maximum absolute atomic E-state index is 14.0. The Morgan fingerprint density at radius 1 is 1.11 bits per heavy atom. The smallest absolute Gasteiger partial charge is 0.307 e. The van der Waals surface area contributed by atoms with Gasteiger partial charge in [-0.15, -0.1) is 11.3 Å². The number of thiazole rings is 1. The lowest BCUT2D eigenvalue weighted by molar-refractivity contribution is -0.157. The fourth-order valence-corrected chi connectivity index (χ4v) is 5.52. The van der Waals surface area contributed by atoms with Gasteiger partial charge in [-0.3, -0.25) is 19.3 Å². The van der Waals surface area contributed by atoms with E-state index in [1.165, 1.54) is 16.2 Å². The summed E-state index contributed by atoms with van der Waals surface area (Å²) in [6.45, 7) is 5.32. The van der Waals surface area contributed by atoms with Crippen LogP contribution in [-0.2, 0) is 19.1 Å². The number of ether oxygens (including phenoxy) is 1. The van der Waals surface area contributed by atoms with Crippen LogP contribution in [0, 0.1) is 5.92 Å². The van der Waals surface area contributed by atoms with Crippen molar-refractivity contribution in [3.63, 3.8) is 0 Å². The first kappa shape index (κ1) is 26.0. The molecule has 0 saturated carbocycles. The quantitative estimate of drug-likeness (QED) is 0.366.